The number of piperidine rings is 1. The van der Waals surface area contributed by atoms with Gasteiger partial charge in [0.1, 0.15) is 12.1 Å². The third-order valence-corrected chi connectivity index (χ3v) is 4.04. The zero-order valence-electron chi connectivity index (χ0n) is 13.2. The molecule has 0 aromatic carbocycles. The van der Waals surface area contributed by atoms with E-state index in [0.29, 0.717) is 24.0 Å². The van der Waals surface area contributed by atoms with E-state index in [0.717, 1.165) is 37.4 Å². The van der Waals surface area contributed by atoms with Crippen molar-refractivity contribution in [3.05, 3.63) is 35.9 Å². The van der Waals surface area contributed by atoms with Gasteiger partial charge < -0.3 is 20.4 Å². The van der Waals surface area contributed by atoms with E-state index in [-0.39, 0.29) is 5.91 Å². The molecule has 7 heteroatoms. The summed E-state index contributed by atoms with van der Waals surface area (Å²) >= 11 is 0. The maximum Gasteiger partial charge on any atom is 0.254 e. The summed E-state index contributed by atoms with van der Waals surface area (Å²) < 4.78 is 4.93. The Labute approximate surface area is 134 Å². The van der Waals surface area contributed by atoms with Crippen LogP contribution in [-0.4, -0.2) is 35.5 Å². The van der Waals surface area contributed by atoms with Gasteiger partial charge in [0, 0.05) is 31.4 Å². The molecule has 3 heterocycles. The lowest BCUT2D eigenvalue weighted by atomic mass is 9.98. The van der Waals surface area contributed by atoms with Gasteiger partial charge in [-0.05, 0) is 31.7 Å². The van der Waals surface area contributed by atoms with Crippen LogP contribution in [0.3, 0.4) is 0 Å². The molecule has 2 aromatic rings. The van der Waals surface area contributed by atoms with Gasteiger partial charge in [-0.15, -0.1) is 0 Å². The number of aryl methyl sites for hydroxylation is 1. The number of hydrogen-bond acceptors (Lipinski definition) is 6. The van der Waals surface area contributed by atoms with Crippen LogP contribution in [-0.2, 0) is 0 Å². The van der Waals surface area contributed by atoms with E-state index >= 15 is 0 Å². The molecule has 1 fully saturated rings. The van der Waals surface area contributed by atoms with E-state index in [2.05, 4.69) is 20.2 Å². The Morgan fingerprint density at radius 2 is 2.39 bits per heavy atom. The van der Waals surface area contributed by atoms with Crippen molar-refractivity contribution in [2.24, 2.45) is 5.92 Å². The van der Waals surface area contributed by atoms with Crippen molar-refractivity contribution >= 4 is 17.7 Å². The van der Waals surface area contributed by atoms with E-state index in [4.69, 9.17) is 10.2 Å². The van der Waals surface area contributed by atoms with Crippen molar-refractivity contribution in [2.45, 2.75) is 19.8 Å². The molecule has 2 aromatic heterocycles. The van der Waals surface area contributed by atoms with Crippen LogP contribution in [0.1, 0.15) is 28.9 Å². The molecule has 23 heavy (non-hydrogen) atoms. The summed E-state index contributed by atoms with van der Waals surface area (Å²) in [4.78, 5) is 22.6. The van der Waals surface area contributed by atoms with Crippen molar-refractivity contribution in [3.8, 4) is 0 Å². The number of nitrogens with zero attached hydrogens (tertiary/aromatic N) is 3. The Morgan fingerprint density at radius 1 is 1.52 bits per heavy atom. The summed E-state index contributed by atoms with van der Waals surface area (Å²) in [6, 6.07) is 3.61. The van der Waals surface area contributed by atoms with Crippen LogP contribution in [0, 0.1) is 12.8 Å². The summed E-state index contributed by atoms with van der Waals surface area (Å²) in [6.07, 6.45) is 5.10. The molecular formula is C16H21N5O2. The summed E-state index contributed by atoms with van der Waals surface area (Å²) in [5.74, 6) is 1.45. The van der Waals surface area contributed by atoms with E-state index in [1.165, 1.54) is 12.5 Å². The summed E-state index contributed by atoms with van der Waals surface area (Å²) in [7, 11) is 0. The molecule has 7 nitrogen and oxygen atoms in total. The number of furan rings is 1. The highest BCUT2D eigenvalue weighted by Gasteiger charge is 2.22. The molecule has 1 atom stereocenters. The Kier molecular flexibility index (Phi) is 4.45. The van der Waals surface area contributed by atoms with Crippen molar-refractivity contribution in [2.75, 3.05) is 30.3 Å². The quantitative estimate of drug-likeness (QED) is 0.889. The number of anilines is 2. The predicted octanol–water partition coefficient (Wildman–Crippen LogP) is 1.61. The largest absolute Gasteiger partial charge is 0.472 e. The molecule has 122 valence electrons. The summed E-state index contributed by atoms with van der Waals surface area (Å²) in [6.45, 7) is 4.35. The third-order valence-electron chi connectivity index (χ3n) is 4.04. The number of carbonyl (C=O) groups excluding carboxylic acids is 1. The molecule has 1 amide bonds. The fraction of sp³-hybridized carbons (Fsp3) is 0.438. The number of nitrogens with two attached hydrogens (primary N) is 1. The van der Waals surface area contributed by atoms with Gasteiger partial charge in [-0.25, -0.2) is 4.98 Å². The van der Waals surface area contributed by atoms with Crippen LogP contribution in [0.5, 0.6) is 0 Å². The lowest BCUT2D eigenvalue weighted by molar-refractivity contribution is 0.0945. The Hall–Kier alpha value is -2.57. The zero-order chi connectivity index (χ0) is 16.2. The molecule has 1 unspecified atom stereocenters. The van der Waals surface area contributed by atoms with E-state index in [9.17, 15) is 4.79 Å². The number of hydrogen-bond donors (Lipinski definition) is 2. The van der Waals surface area contributed by atoms with E-state index in [1.807, 2.05) is 13.0 Å². The van der Waals surface area contributed by atoms with E-state index < -0.39 is 0 Å². The minimum atomic E-state index is -0.0991. The second-order valence-corrected chi connectivity index (χ2v) is 5.90. The SMILES string of the molecule is Cc1cc(N2CCCC(CNC(=O)c3ccoc3)C2)nc(N)n1. The van der Waals surface area contributed by atoms with Gasteiger partial charge in [0.25, 0.3) is 5.91 Å². The average Bonchev–Trinajstić information content (AvgIpc) is 3.06. The van der Waals surface area contributed by atoms with Crippen LogP contribution in [0.4, 0.5) is 11.8 Å². The zero-order valence-corrected chi connectivity index (χ0v) is 13.2. The minimum absolute atomic E-state index is 0.0991. The number of nitrogens with one attached hydrogen (secondary N) is 1. The maximum atomic E-state index is 12.0. The van der Waals surface area contributed by atoms with Crippen molar-refractivity contribution in [1.82, 2.24) is 15.3 Å². The van der Waals surface area contributed by atoms with E-state index in [1.54, 1.807) is 6.07 Å². The second kappa shape index (κ2) is 6.68. The minimum Gasteiger partial charge on any atom is -0.472 e. The van der Waals surface area contributed by atoms with Crippen molar-refractivity contribution in [1.29, 1.82) is 0 Å². The van der Waals surface area contributed by atoms with Gasteiger partial charge >= 0.3 is 0 Å². The molecule has 0 bridgehead atoms. The molecule has 3 N–H and O–H groups in total. The first-order valence-corrected chi connectivity index (χ1v) is 7.78. The van der Waals surface area contributed by atoms with Gasteiger partial charge in [-0.2, -0.15) is 4.98 Å². The fourth-order valence-electron chi connectivity index (χ4n) is 2.91. The highest BCUT2D eigenvalue weighted by Crippen LogP contribution is 2.22. The van der Waals surface area contributed by atoms with Crippen LogP contribution in [0.15, 0.2) is 29.1 Å². The molecule has 0 saturated carbocycles. The number of carbonyl (C=O) groups is 1. The second-order valence-electron chi connectivity index (χ2n) is 5.90. The molecule has 1 aliphatic heterocycles. The molecule has 3 rings (SSSR count). The predicted molar refractivity (Wildman–Crippen MR) is 87.2 cm³/mol. The van der Waals surface area contributed by atoms with Crippen molar-refractivity contribution < 1.29 is 9.21 Å². The summed E-state index contributed by atoms with van der Waals surface area (Å²) in [5.41, 5.74) is 7.16. The number of aromatic nitrogens is 2. The van der Waals surface area contributed by atoms with Crippen LogP contribution in [0.25, 0.3) is 0 Å². The average molecular weight is 315 g/mol. The highest BCUT2D eigenvalue weighted by atomic mass is 16.3. The molecule has 0 spiro atoms. The van der Waals surface area contributed by atoms with Crippen molar-refractivity contribution in [3.63, 3.8) is 0 Å². The van der Waals surface area contributed by atoms with Crippen LogP contribution < -0.4 is 16.0 Å². The van der Waals surface area contributed by atoms with Crippen LogP contribution >= 0.6 is 0 Å². The first-order chi connectivity index (χ1) is 11.1. The third kappa shape index (κ3) is 3.80. The molecule has 1 saturated heterocycles. The first-order valence-electron chi connectivity index (χ1n) is 7.78. The normalized spacial score (nSPS) is 18.0. The number of rotatable bonds is 4. The Morgan fingerprint density at radius 3 is 3.13 bits per heavy atom. The van der Waals surface area contributed by atoms with Crippen LogP contribution in [0.2, 0.25) is 0 Å². The molecule has 0 aliphatic carbocycles. The van der Waals surface area contributed by atoms with Gasteiger partial charge in [0.2, 0.25) is 5.95 Å². The summed E-state index contributed by atoms with van der Waals surface area (Å²) in [5, 5.41) is 2.97. The van der Waals surface area contributed by atoms with Gasteiger partial charge in [-0.1, -0.05) is 0 Å². The van der Waals surface area contributed by atoms with Gasteiger partial charge in [0.05, 0.1) is 11.8 Å². The maximum absolute atomic E-state index is 12.0. The van der Waals surface area contributed by atoms with Gasteiger partial charge in [-0.3, -0.25) is 4.79 Å². The first kappa shape index (κ1) is 15.3. The monoisotopic (exact) mass is 315 g/mol. The molecule has 1 aliphatic rings. The Bertz CT molecular complexity index is 651. The topological polar surface area (TPSA) is 97.3 Å². The number of amides is 1. The van der Waals surface area contributed by atoms with Gasteiger partial charge in [0.15, 0.2) is 0 Å². The molecule has 0 radical (unpaired) electrons. The standard InChI is InChI=1S/C16H21N5O2/c1-11-7-14(20-16(17)19-11)21-5-2-3-12(9-21)8-18-15(22)13-4-6-23-10-13/h4,6-7,10,12H,2-3,5,8-9H2,1H3,(H,18,22)(H2,17,19,20). The number of nitrogen functional groups attached to an aromatic ring is 1. The molecular weight excluding hydrogens is 294 g/mol. The lowest BCUT2D eigenvalue weighted by Gasteiger charge is -2.33. The highest BCUT2D eigenvalue weighted by molar-refractivity contribution is 5.93. The fourth-order valence-corrected chi connectivity index (χ4v) is 2.91. The smallest absolute Gasteiger partial charge is 0.254 e. The lowest BCUT2D eigenvalue weighted by Crippen LogP contribution is -2.41. The Balaban J connectivity index is 1.59.